The zero-order chi connectivity index (χ0) is 15.6. The predicted molar refractivity (Wildman–Crippen MR) is 78.1 cm³/mol. The first kappa shape index (κ1) is 15.4. The molecule has 1 amide bonds. The van der Waals surface area contributed by atoms with E-state index in [1.165, 1.54) is 0 Å². The van der Waals surface area contributed by atoms with Crippen molar-refractivity contribution in [3.63, 3.8) is 0 Å². The lowest BCUT2D eigenvalue weighted by molar-refractivity contribution is 0.0875. The van der Waals surface area contributed by atoms with Gasteiger partial charge in [0.05, 0.1) is 0 Å². The Kier molecular flexibility index (Phi) is 4.22. The molecule has 2 N–H and O–H groups in total. The molecule has 21 heavy (non-hydrogen) atoms. The first-order valence-corrected chi connectivity index (χ1v) is 7.03. The highest BCUT2D eigenvalue weighted by Gasteiger charge is 2.26. The lowest BCUT2D eigenvalue weighted by Crippen LogP contribution is -2.46. The minimum absolute atomic E-state index is 0.0169. The molecule has 2 heterocycles. The minimum Gasteiger partial charge on any atom is -0.396 e. The average molecular weight is 291 g/mol. The lowest BCUT2D eigenvalue weighted by Gasteiger charge is -2.28. The molecule has 7 heteroatoms. The Morgan fingerprint density at radius 1 is 1.43 bits per heavy atom. The van der Waals surface area contributed by atoms with Crippen molar-refractivity contribution in [1.29, 1.82) is 0 Å². The molecule has 0 fully saturated rings. The van der Waals surface area contributed by atoms with Crippen molar-refractivity contribution in [3.05, 3.63) is 23.3 Å². The van der Waals surface area contributed by atoms with Gasteiger partial charge in [-0.05, 0) is 39.7 Å². The van der Waals surface area contributed by atoms with E-state index >= 15 is 0 Å². The second kappa shape index (κ2) is 5.77. The van der Waals surface area contributed by atoms with Crippen molar-refractivity contribution in [2.75, 3.05) is 6.61 Å². The third-order valence-electron chi connectivity index (χ3n) is 3.68. The molecule has 1 unspecified atom stereocenters. The Balaban J connectivity index is 2.29. The van der Waals surface area contributed by atoms with Gasteiger partial charge in [-0.15, -0.1) is 5.10 Å². The maximum Gasteiger partial charge on any atom is 0.291 e. The third-order valence-corrected chi connectivity index (χ3v) is 3.68. The normalized spacial score (nSPS) is 14.1. The van der Waals surface area contributed by atoms with E-state index in [0.717, 1.165) is 11.4 Å². The van der Waals surface area contributed by atoms with Crippen LogP contribution in [-0.4, -0.2) is 42.7 Å². The van der Waals surface area contributed by atoms with Crippen LogP contribution < -0.4 is 5.32 Å². The number of nitrogens with zero attached hydrogens (tertiary/aromatic N) is 4. The molecule has 0 saturated carbocycles. The second-order valence-electron chi connectivity index (χ2n) is 5.53. The van der Waals surface area contributed by atoms with Gasteiger partial charge in [-0.1, -0.05) is 6.92 Å². The van der Waals surface area contributed by atoms with Crippen molar-refractivity contribution in [2.24, 2.45) is 0 Å². The maximum atomic E-state index is 12.3. The Labute approximate surface area is 123 Å². The number of rotatable bonds is 5. The zero-order valence-corrected chi connectivity index (χ0v) is 12.8. The molecule has 0 aliphatic rings. The molecule has 0 aliphatic heterocycles. The lowest BCUT2D eigenvalue weighted by atomic mass is 9.95. The van der Waals surface area contributed by atoms with Crippen molar-refractivity contribution in [2.45, 2.75) is 46.1 Å². The second-order valence-corrected chi connectivity index (χ2v) is 5.53. The van der Waals surface area contributed by atoms with Crippen LogP contribution in [0, 0.1) is 13.8 Å². The highest BCUT2D eigenvalue weighted by Crippen LogP contribution is 2.14. The van der Waals surface area contributed by atoms with E-state index in [0.29, 0.717) is 18.6 Å². The monoisotopic (exact) mass is 291 g/mol. The summed E-state index contributed by atoms with van der Waals surface area (Å²) in [6, 6.07) is 1.88. The van der Waals surface area contributed by atoms with E-state index < -0.39 is 5.54 Å². The summed E-state index contributed by atoms with van der Waals surface area (Å²) in [6.45, 7) is 7.63. The largest absolute Gasteiger partial charge is 0.396 e. The molecule has 2 rings (SSSR count). The zero-order valence-electron chi connectivity index (χ0n) is 12.8. The summed E-state index contributed by atoms with van der Waals surface area (Å²) < 4.78 is 1.55. The number of carbonyl (C=O) groups excluding carboxylic acids is 1. The summed E-state index contributed by atoms with van der Waals surface area (Å²) in [4.78, 5) is 20.7. The fourth-order valence-electron chi connectivity index (χ4n) is 2.17. The van der Waals surface area contributed by atoms with E-state index in [1.807, 2.05) is 33.8 Å². The van der Waals surface area contributed by atoms with Crippen molar-refractivity contribution in [3.8, 4) is 0 Å². The summed E-state index contributed by atoms with van der Waals surface area (Å²) in [7, 11) is 0. The summed E-state index contributed by atoms with van der Waals surface area (Å²) in [5.74, 6) is 0.155. The van der Waals surface area contributed by atoms with Crippen molar-refractivity contribution < 1.29 is 9.90 Å². The Morgan fingerprint density at radius 2 is 2.14 bits per heavy atom. The molecule has 0 aliphatic carbocycles. The number of aliphatic hydroxyl groups excluding tert-OH is 1. The summed E-state index contributed by atoms with van der Waals surface area (Å²) in [5, 5.41) is 16.2. The number of carbonyl (C=O) groups is 1. The van der Waals surface area contributed by atoms with Crippen LogP contribution in [0.3, 0.4) is 0 Å². The van der Waals surface area contributed by atoms with Gasteiger partial charge in [-0.3, -0.25) is 4.79 Å². The van der Waals surface area contributed by atoms with Gasteiger partial charge in [0.1, 0.15) is 0 Å². The fourth-order valence-corrected chi connectivity index (χ4v) is 2.17. The molecule has 0 radical (unpaired) electrons. The number of nitrogens with one attached hydrogen (secondary N) is 1. The van der Waals surface area contributed by atoms with Gasteiger partial charge in [0, 0.05) is 23.5 Å². The van der Waals surface area contributed by atoms with Gasteiger partial charge in [0.15, 0.2) is 0 Å². The number of fused-ring (bicyclic) bond motifs is 1. The third kappa shape index (κ3) is 3.18. The summed E-state index contributed by atoms with van der Waals surface area (Å²) in [5.41, 5.74) is 1.23. The number of aromatic nitrogens is 4. The van der Waals surface area contributed by atoms with E-state index in [9.17, 15) is 4.79 Å². The van der Waals surface area contributed by atoms with Crippen LogP contribution in [-0.2, 0) is 0 Å². The van der Waals surface area contributed by atoms with Crippen LogP contribution in [0.15, 0.2) is 6.07 Å². The van der Waals surface area contributed by atoms with E-state index in [4.69, 9.17) is 5.11 Å². The van der Waals surface area contributed by atoms with Crippen molar-refractivity contribution in [1.82, 2.24) is 24.9 Å². The van der Waals surface area contributed by atoms with Gasteiger partial charge >= 0.3 is 0 Å². The standard InChI is InChI=1S/C14H21N5O2/c1-5-14(4,6-7-20)17-12(21)11-16-13-15-9(2)8-10(3)19(13)18-11/h8,20H,5-7H2,1-4H3,(H,17,21). The smallest absolute Gasteiger partial charge is 0.291 e. The van der Waals surface area contributed by atoms with Gasteiger partial charge in [-0.25, -0.2) is 9.50 Å². The molecule has 0 spiro atoms. The summed E-state index contributed by atoms with van der Waals surface area (Å²) in [6.07, 6.45) is 1.20. The van der Waals surface area contributed by atoms with Crippen LogP contribution in [0.4, 0.5) is 0 Å². The van der Waals surface area contributed by atoms with Gasteiger partial charge in [0.25, 0.3) is 11.7 Å². The van der Waals surface area contributed by atoms with Crippen LogP contribution in [0.5, 0.6) is 0 Å². The molecule has 0 saturated heterocycles. The van der Waals surface area contributed by atoms with E-state index in [2.05, 4.69) is 20.4 Å². The van der Waals surface area contributed by atoms with Crippen LogP contribution >= 0.6 is 0 Å². The highest BCUT2D eigenvalue weighted by molar-refractivity contribution is 5.91. The van der Waals surface area contributed by atoms with Crippen LogP contribution in [0.1, 0.15) is 48.7 Å². The predicted octanol–water partition coefficient (Wildman–Crippen LogP) is 1.02. The average Bonchev–Trinajstić information content (AvgIpc) is 2.83. The minimum atomic E-state index is -0.471. The first-order valence-electron chi connectivity index (χ1n) is 7.03. The fraction of sp³-hybridized carbons (Fsp3) is 0.571. The van der Waals surface area contributed by atoms with E-state index in [1.54, 1.807) is 4.52 Å². The Hall–Kier alpha value is -2.02. The summed E-state index contributed by atoms with van der Waals surface area (Å²) >= 11 is 0. The van der Waals surface area contributed by atoms with Gasteiger partial charge in [0.2, 0.25) is 5.82 Å². The SMILES string of the molecule is CCC(C)(CCO)NC(=O)c1nc2nc(C)cc(C)n2n1. The Morgan fingerprint density at radius 3 is 2.76 bits per heavy atom. The maximum absolute atomic E-state index is 12.3. The molecule has 2 aromatic rings. The Bertz CT molecular complexity index is 667. The highest BCUT2D eigenvalue weighted by atomic mass is 16.3. The molecular weight excluding hydrogens is 270 g/mol. The van der Waals surface area contributed by atoms with Crippen LogP contribution in [0.2, 0.25) is 0 Å². The molecule has 114 valence electrons. The van der Waals surface area contributed by atoms with Crippen LogP contribution in [0.25, 0.3) is 5.78 Å². The van der Waals surface area contributed by atoms with Crippen molar-refractivity contribution >= 4 is 11.7 Å². The van der Waals surface area contributed by atoms with E-state index in [-0.39, 0.29) is 18.3 Å². The molecule has 0 bridgehead atoms. The quantitative estimate of drug-likeness (QED) is 0.858. The first-order chi connectivity index (χ1) is 9.88. The molecular formula is C14H21N5O2. The molecule has 1 atom stereocenters. The number of aliphatic hydroxyl groups is 1. The van der Waals surface area contributed by atoms with Gasteiger partial charge < -0.3 is 10.4 Å². The molecule has 7 nitrogen and oxygen atoms in total. The van der Waals surface area contributed by atoms with Gasteiger partial charge in [-0.2, -0.15) is 4.98 Å². The molecule has 0 aromatic carbocycles. The number of hydrogen-bond donors (Lipinski definition) is 2. The molecule has 2 aromatic heterocycles. The number of hydrogen-bond acceptors (Lipinski definition) is 5. The topological polar surface area (TPSA) is 92.4 Å². The number of aryl methyl sites for hydroxylation is 2. The number of amides is 1.